The van der Waals surface area contributed by atoms with E-state index in [-0.39, 0.29) is 25.2 Å². The molecule has 0 saturated heterocycles. The van der Waals surface area contributed by atoms with Crippen molar-refractivity contribution in [2.24, 2.45) is 0 Å². The summed E-state index contributed by atoms with van der Waals surface area (Å²) in [6.45, 7) is 2.24. The number of esters is 2. The van der Waals surface area contributed by atoms with Crippen LogP contribution < -0.4 is 0 Å². The summed E-state index contributed by atoms with van der Waals surface area (Å²) in [6, 6.07) is 0. The molecule has 1 atom stereocenters. The zero-order valence-electron chi connectivity index (χ0n) is 27.4. The van der Waals surface area contributed by atoms with Gasteiger partial charge in [0.2, 0.25) is 0 Å². The molecule has 43 heavy (non-hydrogen) atoms. The largest absolute Gasteiger partial charge is 0.463 e. The lowest BCUT2D eigenvalue weighted by Gasteiger charge is -2.12. The smallest absolute Gasteiger partial charge is 0.305 e. The summed E-state index contributed by atoms with van der Waals surface area (Å²) in [5.74, 6) is -0.646. The van der Waals surface area contributed by atoms with Crippen LogP contribution in [0.1, 0.15) is 148 Å². The topological polar surface area (TPSA) is 93.1 Å². The van der Waals surface area contributed by atoms with E-state index in [0.717, 1.165) is 70.6 Å². The van der Waals surface area contributed by atoms with E-state index in [1.54, 1.807) is 0 Å². The maximum absolute atomic E-state index is 11.9. The fourth-order valence-electron chi connectivity index (χ4n) is 4.47. The quantitative estimate of drug-likeness (QED) is 0.0465. The standard InChI is InChI=1S/C37H64O6/c1-2-3-4-5-6-7-15-18-21-24-27-30-36(40)42-33-35(39)34-43-37(41)31-28-25-22-19-16-13-11-9-8-10-12-14-17-20-23-26-29-32-38/h8,10-11,13-14,17,19,22,35,38-39H,2-7,9,12,15-16,18,20-21,23-34H2,1H3/b10-8-,13-11-,17-14-,22-19-/t35-/m0/s1. The molecular formula is C37H64O6. The van der Waals surface area contributed by atoms with Gasteiger partial charge in [0.25, 0.3) is 0 Å². The average molecular weight is 605 g/mol. The molecule has 0 rings (SSSR count). The van der Waals surface area contributed by atoms with E-state index in [0.29, 0.717) is 25.9 Å². The van der Waals surface area contributed by atoms with Gasteiger partial charge in [0.05, 0.1) is 0 Å². The normalized spacial score (nSPS) is 12.7. The lowest BCUT2D eigenvalue weighted by Crippen LogP contribution is -2.25. The summed E-state index contributed by atoms with van der Waals surface area (Å²) in [4.78, 5) is 23.8. The third-order valence-corrected chi connectivity index (χ3v) is 7.12. The van der Waals surface area contributed by atoms with Crippen molar-refractivity contribution in [2.45, 2.75) is 154 Å². The van der Waals surface area contributed by atoms with Gasteiger partial charge in [-0.1, -0.05) is 126 Å². The number of aliphatic hydroxyl groups excluding tert-OH is 2. The van der Waals surface area contributed by atoms with Crippen molar-refractivity contribution in [1.82, 2.24) is 0 Å². The van der Waals surface area contributed by atoms with Crippen LogP contribution >= 0.6 is 0 Å². The Morgan fingerprint density at radius 3 is 1.42 bits per heavy atom. The van der Waals surface area contributed by atoms with Crippen LogP contribution in [0.4, 0.5) is 0 Å². The molecular weight excluding hydrogens is 540 g/mol. The molecule has 0 aliphatic heterocycles. The van der Waals surface area contributed by atoms with Crippen LogP contribution in [0.3, 0.4) is 0 Å². The molecule has 6 nitrogen and oxygen atoms in total. The van der Waals surface area contributed by atoms with Crippen LogP contribution in [0.15, 0.2) is 48.6 Å². The van der Waals surface area contributed by atoms with Crippen molar-refractivity contribution in [3.05, 3.63) is 48.6 Å². The number of allylic oxidation sites excluding steroid dienone is 8. The second-order valence-electron chi connectivity index (χ2n) is 11.4. The van der Waals surface area contributed by atoms with Crippen molar-refractivity contribution in [3.63, 3.8) is 0 Å². The Morgan fingerprint density at radius 2 is 0.930 bits per heavy atom. The number of hydrogen-bond acceptors (Lipinski definition) is 6. The summed E-state index contributed by atoms with van der Waals surface area (Å²) in [7, 11) is 0. The van der Waals surface area contributed by atoms with E-state index < -0.39 is 6.10 Å². The summed E-state index contributed by atoms with van der Waals surface area (Å²) in [6.07, 6.45) is 38.9. The second-order valence-corrected chi connectivity index (χ2v) is 11.4. The highest BCUT2D eigenvalue weighted by atomic mass is 16.6. The van der Waals surface area contributed by atoms with E-state index in [4.69, 9.17) is 14.6 Å². The fourth-order valence-corrected chi connectivity index (χ4v) is 4.47. The minimum absolute atomic E-state index is 0.139. The second kappa shape index (κ2) is 34.3. The molecule has 0 aliphatic carbocycles. The lowest BCUT2D eigenvalue weighted by atomic mass is 10.1. The van der Waals surface area contributed by atoms with Crippen LogP contribution in [0.25, 0.3) is 0 Å². The first-order chi connectivity index (χ1) is 21.1. The van der Waals surface area contributed by atoms with Gasteiger partial charge in [-0.05, 0) is 57.8 Å². The van der Waals surface area contributed by atoms with Gasteiger partial charge in [0.1, 0.15) is 19.3 Å². The zero-order valence-corrected chi connectivity index (χ0v) is 27.4. The Bertz CT molecular complexity index is 739. The van der Waals surface area contributed by atoms with Gasteiger partial charge < -0.3 is 19.7 Å². The van der Waals surface area contributed by atoms with Gasteiger partial charge >= 0.3 is 11.9 Å². The van der Waals surface area contributed by atoms with Gasteiger partial charge in [0.15, 0.2) is 0 Å². The van der Waals surface area contributed by atoms with Gasteiger partial charge in [-0.25, -0.2) is 0 Å². The summed E-state index contributed by atoms with van der Waals surface area (Å²) >= 11 is 0. The monoisotopic (exact) mass is 604 g/mol. The molecule has 0 unspecified atom stereocenters. The van der Waals surface area contributed by atoms with E-state index in [2.05, 4.69) is 55.5 Å². The van der Waals surface area contributed by atoms with Crippen LogP contribution in [0.5, 0.6) is 0 Å². The maximum atomic E-state index is 11.9. The molecule has 0 amide bonds. The third-order valence-electron chi connectivity index (χ3n) is 7.12. The molecule has 0 saturated carbocycles. The number of carbonyl (C=O) groups excluding carboxylic acids is 2. The van der Waals surface area contributed by atoms with Crippen molar-refractivity contribution in [1.29, 1.82) is 0 Å². The van der Waals surface area contributed by atoms with Gasteiger partial charge in [-0.3, -0.25) is 9.59 Å². The van der Waals surface area contributed by atoms with Crippen molar-refractivity contribution < 1.29 is 29.3 Å². The first-order valence-electron chi connectivity index (χ1n) is 17.3. The van der Waals surface area contributed by atoms with Crippen molar-refractivity contribution in [3.8, 4) is 0 Å². The molecule has 0 aromatic rings. The van der Waals surface area contributed by atoms with Crippen LogP contribution in [-0.4, -0.2) is 48.1 Å². The fraction of sp³-hybridized carbons (Fsp3) is 0.730. The molecule has 0 heterocycles. The van der Waals surface area contributed by atoms with Crippen LogP contribution in [0.2, 0.25) is 0 Å². The van der Waals surface area contributed by atoms with E-state index in [1.165, 1.54) is 51.4 Å². The first-order valence-corrected chi connectivity index (χ1v) is 17.3. The third kappa shape index (κ3) is 34.2. The van der Waals surface area contributed by atoms with Gasteiger partial charge in [-0.2, -0.15) is 0 Å². The Hall–Kier alpha value is -2.18. The summed E-state index contributed by atoms with van der Waals surface area (Å²) in [5, 5.41) is 18.7. The molecule has 0 bridgehead atoms. The molecule has 0 aliphatic rings. The molecule has 0 aromatic carbocycles. The zero-order chi connectivity index (χ0) is 31.5. The van der Waals surface area contributed by atoms with Crippen LogP contribution in [0, 0.1) is 0 Å². The minimum Gasteiger partial charge on any atom is -0.463 e. The number of ether oxygens (including phenoxy) is 2. The van der Waals surface area contributed by atoms with E-state index in [9.17, 15) is 14.7 Å². The molecule has 6 heteroatoms. The minimum atomic E-state index is -0.990. The Kier molecular flexibility index (Phi) is 32.6. The molecule has 0 fully saturated rings. The molecule has 0 spiro atoms. The van der Waals surface area contributed by atoms with Gasteiger partial charge in [0, 0.05) is 19.4 Å². The number of rotatable bonds is 31. The summed E-state index contributed by atoms with van der Waals surface area (Å²) < 4.78 is 10.2. The van der Waals surface area contributed by atoms with E-state index >= 15 is 0 Å². The number of hydrogen-bond donors (Lipinski definition) is 2. The molecule has 248 valence electrons. The predicted molar refractivity (Wildman–Crippen MR) is 179 cm³/mol. The number of carbonyl (C=O) groups is 2. The number of aliphatic hydroxyl groups is 2. The SMILES string of the molecule is CCCCCCCCCCCCCC(=O)OC[C@H](O)COC(=O)CCC/C=C\C/C=C\C/C=C\C/C=C\CCCCCO. The van der Waals surface area contributed by atoms with E-state index in [1.807, 2.05) is 0 Å². The van der Waals surface area contributed by atoms with Gasteiger partial charge in [-0.15, -0.1) is 0 Å². The molecule has 2 N–H and O–H groups in total. The highest BCUT2D eigenvalue weighted by molar-refractivity contribution is 5.69. The van der Waals surface area contributed by atoms with Crippen LogP contribution in [-0.2, 0) is 19.1 Å². The molecule has 0 radical (unpaired) electrons. The predicted octanol–water partition coefficient (Wildman–Crippen LogP) is 9.25. The Labute approximate surface area is 263 Å². The maximum Gasteiger partial charge on any atom is 0.305 e. The Morgan fingerprint density at radius 1 is 0.535 bits per heavy atom. The average Bonchev–Trinajstić information content (AvgIpc) is 3.01. The highest BCUT2D eigenvalue weighted by Crippen LogP contribution is 2.12. The first kappa shape index (κ1) is 40.8. The summed E-state index contributed by atoms with van der Waals surface area (Å²) in [5.41, 5.74) is 0. The highest BCUT2D eigenvalue weighted by Gasteiger charge is 2.11. The lowest BCUT2D eigenvalue weighted by molar-refractivity contribution is -0.152. The van der Waals surface area contributed by atoms with Crippen molar-refractivity contribution >= 4 is 11.9 Å². The number of unbranched alkanes of at least 4 members (excludes halogenated alkanes) is 14. The van der Waals surface area contributed by atoms with Crippen molar-refractivity contribution in [2.75, 3.05) is 19.8 Å². The Balaban J connectivity index is 3.57. The molecule has 0 aromatic heterocycles.